The number of carbonyl (C=O) groups is 1. The summed E-state index contributed by atoms with van der Waals surface area (Å²) in [6, 6.07) is -0.0259. The molecular weight excluding hydrogens is 244 g/mol. The minimum atomic E-state index is -0.279. The van der Waals surface area contributed by atoms with Gasteiger partial charge in [0.15, 0.2) is 0 Å². The van der Waals surface area contributed by atoms with Gasteiger partial charge < -0.3 is 19.7 Å². The van der Waals surface area contributed by atoms with E-state index in [1.807, 2.05) is 20.9 Å². The van der Waals surface area contributed by atoms with Crippen molar-refractivity contribution in [3.05, 3.63) is 0 Å². The van der Waals surface area contributed by atoms with Gasteiger partial charge in [-0.2, -0.15) is 0 Å². The zero-order valence-electron chi connectivity index (χ0n) is 12.6. The van der Waals surface area contributed by atoms with E-state index < -0.39 is 0 Å². The quantitative estimate of drug-likeness (QED) is 0.473. The minimum absolute atomic E-state index is 0.209. The Kier molecular flexibility index (Phi) is 7.34. The molecule has 0 saturated heterocycles. The van der Waals surface area contributed by atoms with E-state index in [4.69, 9.17) is 9.47 Å². The van der Waals surface area contributed by atoms with E-state index in [2.05, 4.69) is 10.2 Å². The van der Waals surface area contributed by atoms with E-state index in [9.17, 15) is 4.79 Å². The first-order valence-electron chi connectivity index (χ1n) is 7.13. The largest absolute Gasteiger partial charge is 0.468 e. The van der Waals surface area contributed by atoms with Gasteiger partial charge in [0, 0.05) is 25.7 Å². The molecule has 0 heterocycles. The Morgan fingerprint density at radius 3 is 2.63 bits per heavy atom. The SMILES string of the molecule is COC(=O)C(CN(C)CCOCC1CC1)NC(C)C. The molecule has 1 N–H and O–H groups in total. The standard InChI is InChI=1S/C14H28N2O3/c1-11(2)15-13(14(17)18-4)9-16(3)7-8-19-10-12-5-6-12/h11-13,15H,5-10H2,1-4H3. The predicted octanol–water partition coefficient (Wildman–Crippen LogP) is 0.884. The van der Waals surface area contributed by atoms with Crippen LogP contribution in [-0.4, -0.2) is 63.4 Å². The summed E-state index contributed by atoms with van der Waals surface area (Å²) in [6.45, 7) is 7.13. The fourth-order valence-corrected chi connectivity index (χ4v) is 1.90. The molecule has 1 aliphatic carbocycles. The summed E-state index contributed by atoms with van der Waals surface area (Å²) in [4.78, 5) is 13.8. The average molecular weight is 272 g/mol. The number of nitrogens with zero attached hydrogens (tertiary/aromatic N) is 1. The van der Waals surface area contributed by atoms with Crippen molar-refractivity contribution < 1.29 is 14.3 Å². The molecule has 0 aromatic heterocycles. The fourth-order valence-electron chi connectivity index (χ4n) is 1.90. The molecular formula is C14H28N2O3. The van der Waals surface area contributed by atoms with E-state index in [1.54, 1.807) is 0 Å². The van der Waals surface area contributed by atoms with Crippen molar-refractivity contribution in [2.75, 3.05) is 40.5 Å². The molecule has 0 aromatic carbocycles. The van der Waals surface area contributed by atoms with Gasteiger partial charge in [-0.15, -0.1) is 0 Å². The second-order valence-corrected chi connectivity index (χ2v) is 5.68. The summed E-state index contributed by atoms with van der Waals surface area (Å²) >= 11 is 0. The molecule has 0 aliphatic heterocycles. The zero-order chi connectivity index (χ0) is 14.3. The molecule has 0 spiro atoms. The first-order chi connectivity index (χ1) is 9.02. The van der Waals surface area contributed by atoms with Crippen LogP contribution in [0.25, 0.3) is 0 Å². The summed E-state index contributed by atoms with van der Waals surface area (Å²) in [7, 11) is 3.43. The molecule has 1 saturated carbocycles. The third-order valence-electron chi connectivity index (χ3n) is 3.18. The Morgan fingerprint density at radius 2 is 2.11 bits per heavy atom. The van der Waals surface area contributed by atoms with E-state index in [0.29, 0.717) is 6.54 Å². The fraction of sp³-hybridized carbons (Fsp3) is 0.929. The Bertz CT molecular complexity index is 267. The molecule has 112 valence electrons. The highest BCUT2D eigenvalue weighted by Crippen LogP contribution is 2.28. The summed E-state index contributed by atoms with van der Waals surface area (Å²) in [6.07, 6.45) is 2.64. The molecule has 1 unspecified atom stereocenters. The van der Waals surface area contributed by atoms with E-state index >= 15 is 0 Å². The Balaban J connectivity index is 2.20. The number of nitrogens with one attached hydrogen (secondary N) is 1. The first-order valence-corrected chi connectivity index (χ1v) is 7.13. The van der Waals surface area contributed by atoms with E-state index in [-0.39, 0.29) is 18.1 Å². The van der Waals surface area contributed by atoms with Crippen LogP contribution in [0.2, 0.25) is 0 Å². The van der Waals surface area contributed by atoms with Gasteiger partial charge in [0.2, 0.25) is 0 Å². The molecule has 0 amide bonds. The third-order valence-corrected chi connectivity index (χ3v) is 3.18. The number of rotatable bonds is 10. The van der Waals surface area contributed by atoms with Gasteiger partial charge in [-0.25, -0.2) is 0 Å². The molecule has 5 nitrogen and oxygen atoms in total. The van der Waals surface area contributed by atoms with Crippen molar-refractivity contribution in [1.29, 1.82) is 0 Å². The molecule has 0 aromatic rings. The molecule has 0 radical (unpaired) electrons. The van der Waals surface area contributed by atoms with E-state index in [0.717, 1.165) is 25.7 Å². The summed E-state index contributed by atoms with van der Waals surface area (Å²) in [5.41, 5.74) is 0. The number of likely N-dealkylation sites (N-methyl/N-ethyl adjacent to an activating group) is 1. The molecule has 1 atom stereocenters. The van der Waals surface area contributed by atoms with Gasteiger partial charge in [0.05, 0.1) is 13.7 Å². The van der Waals surface area contributed by atoms with Gasteiger partial charge in [-0.1, -0.05) is 13.8 Å². The minimum Gasteiger partial charge on any atom is -0.468 e. The van der Waals surface area contributed by atoms with Gasteiger partial charge in [0.25, 0.3) is 0 Å². The topological polar surface area (TPSA) is 50.8 Å². The van der Waals surface area contributed by atoms with Crippen molar-refractivity contribution in [2.24, 2.45) is 5.92 Å². The van der Waals surface area contributed by atoms with Gasteiger partial charge >= 0.3 is 5.97 Å². The Labute approximate surface area is 116 Å². The van der Waals surface area contributed by atoms with Crippen LogP contribution in [-0.2, 0) is 14.3 Å². The number of ether oxygens (including phenoxy) is 2. The maximum atomic E-state index is 11.7. The highest BCUT2D eigenvalue weighted by Gasteiger charge is 2.22. The zero-order valence-corrected chi connectivity index (χ0v) is 12.6. The normalized spacial score (nSPS) is 16.9. The highest BCUT2D eigenvalue weighted by atomic mass is 16.5. The number of hydrogen-bond acceptors (Lipinski definition) is 5. The average Bonchev–Trinajstić information content (AvgIpc) is 3.16. The molecule has 5 heteroatoms. The van der Waals surface area contributed by atoms with Crippen LogP contribution in [0.5, 0.6) is 0 Å². The second-order valence-electron chi connectivity index (χ2n) is 5.68. The lowest BCUT2D eigenvalue weighted by atomic mass is 10.2. The monoisotopic (exact) mass is 272 g/mol. The molecule has 0 bridgehead atoms. The lowest BCUT2D eigenvalue weighted by molar-refractivity contribution is -0.143. The number of esters is 1. The molecule has 1 fully saturated rings. The molecule has 19 heavy (non-hydrogen) atoms. The Hall–Kier alpha value is -0.650. The van der Waals surface area contributed by atoms with Gasteiger partial charge in [-0.3, -0.25) is 4.79 Å². The van der Waals surface area contributed by atoms with Gasteiger partial charge in [-0.05, 0) is 25.8 Å². The first kappa shape index (κ1) is 16.4. The third kappa shape index (κ3) is 7.50. The van der Waals surface area contributed by atoms with Crippen LogP contribution in [0.15, 0.2) is 0 Å². The maximum absolute atomic E-state index is 11.7. The van der Waals surface area contributed by atoms with Crippen LogP contribution >= 0.6 is 0 Å². The van der Waals surface area contributed by atoms with Crippen molar-refractivity contribution >= 4 is 5.97 Å². The Morgan fingerprint density at radius 1 is 1.42 bits per heavy atom. The summed E-state index contributed by atoms with van der Waals surface area (Å²) in [5, 5.41) is 3.22. The van der Waals surface area contributed by atoms with E-state index in [1.165, 1.54) is 20.0 Å². The van der Waals surface area contributed by atoms with Crippen LogP contribution in [0, 0.1) is 5.92 Å². The predicted molar refractivity (Wildman–Crippen MR) is 75.1 cm³/mol. The van der Waals surface area contributed by atoms with Crippen molar-refractivity contribution in [3.8, 4) is 0 Å². The second kappa shape index (κ2) is 8.51. The summed E-state index contributed by atoms with van der Waals surface area (Å²) < 4.78 is 10.4. The summed E-state index contributed by atoms with van der Waals surface area (Å²) in [5.74, 6) is 0.593. The van der Waals surface area contributed by atoms with Crippen LogP contribution < -0.4 is 5.32 Å². The van der Waals surface area contributed by atoms with Gasteiger partial charge in [0.1, 0.15) is 6.04 Å². The van der Waals surface area contributed by atoms with Crippen molar-refractivity contribution in [3.63, 3.8) is 0 Å². The lowest BCUT2D eigenvalue weighted by Gasteiger charge is -2.24. The number of hydrogen-bond donors (Lipinski definition) is 1. The van der Waals surface area contributed by atoms with Crippen LogP contribution in [0.4, 0.5) is 0 Å². The molecule has 1 aliphatic rings. The molecule has 1 rings (SSSR count). The van der Waals surface area contributed by atoms with Crippen molar-refractivity contribution in [2.45, 2.75) is 38.8 Å². The van der Waals surface area contributed by atoms with Crippen LogP contribution in [0.1, 0.15) is 26.7 Å². The smallest absolute Gasteiger partial charge is 0.324 e. The van der Waals surface area contributed by atoms with Crippen LogP contribution in [0.3, 0.4) is 0 Å². The lowest BCUT2D eigenvalue weighted by Crippen LogP contribution is -2.48. The number of methoxy groups -OCH3 is 1. The van der Waals surface area contributed by atoms with Crippen molar-refractivity contribution in [1.82, 2.24) is 10.2 Å². The highest BCUT2D eigenvalue weighted by molar-refractivity contribution is 5.75. The maximum Gasteiger partial charge on any atom is 0.324 e. The number of carbonyl (C=O) groups excluding carboxylic acids is 1.